The van der Waals surface area contributed by atoms with Crippen LogP contribution in [0, 0.1) is 0 Å². The minimum absolute atomic E-state index is 0.185. The number of oxazole rings is 1. The fourth-order valence-electron chi connectivity index (χ4n) is 2.59. The van der Waals surface area contributed by atoms with Gasteiger partial charge in [0.25, 0.3) is 5.22 Å². The molecule has 1 saturated heterocycles. The molecule has 0 saturated carbocycles. The Labute approximate surface area is 122 Å². The number of aromatic nitrogens is 1. The van der Waals surface area contributed by atoms with E-state index in [0.717, 1.165) is 30.5 Å². The van der Waals surface area contributed by atoms with Gasteiger partial charge >= 0.3 is 0 Å². The third-order valence-corrected chi connectivity index (χ3v) is 4.53. The summed E-state index contributed by atoms with van der Waals surface area (Å²) in [5, 5.41) is 0.573. The molecule has 2 heterocycles. The molecule has 0 bridgehead atoms. The van der Waals surface area contributed by atoms with Crippen LogP contribution in [0.3, 0.4) is 0 Å². The number of piperidine rings is 1. The van der Waals surface area contributed by atoms with E-state index in [1.807, 2.05) is 29.2 Å². The first-order valence-corrected chi connectivity index (χ1v) is 8.00. The Bertz CT molecular complexity index is 578. The van der Waals surface area contributed by atoms with Crippen LogP contribution in [0.25, 0.3) is 11.1 Å². The van der Waals surface area contributed by atoms with Gasteiger partial charge in [-0.05, 0) is 38.3 Å². The summed E-state index contributed by atoms with van der Waals surface area (Å²) in [6.45, 7) is 3.01. The Hall–Kier alpha value is -1.49. The van der Waals surface area contributed by atoms with Crippen molar-refractivity contribution in [3.63, 3.8) is 0 Å². The van der Waals surface area contributed by atoms with Gasteiger partial charge in [-0.3, -0.25) is 4.79 Å². The molecule has 4 nitrogen and oxygen atoms in total. The molecular formula is C15H18N2O2S. The number of fused-ring (bicyclic) bond motifs is 1. The van der Waals surface area contributed by atoms with E-state index in [0.29, 0.717) is 17.0 Å². The molecule has 1 aromatic carbocycles. The van der Waals surface area contributed by atoms with Crippen molar-refractivity contribution in [2.24, 2.45) is 0 Å². The molecule has 1 aliphatic rings. The van der Waals surface area contributed by atoms with Crippen molar-refractivity contribution >= 4 is 28.8 Å². The molecule has 1 aromatic heterocycles. The number of nitrogens with zero attached hydrogens (tertiary/aromatic N) is 2. The lowest BCUT2D eigenvalue weighted by atomic mass is 10.0. The predicted octanol–water partition coefficient (Wildman–Crippen LogP) is 3.32. The highest BCUT2D eigenvalue weighted by Crippen LogP contribution is 2.24. The van der Waals surface area contributed by atoms with Crippen molar-refractivity contribution in [2.75, 3.05) is 12.3 Å². The average Bonchev–Trinajstić information content (AvgIpc) is 2.88. The van der Waals surface area contributed by atoms with E-state index in [9.17, 15) is 4.79 Å². The van der Waals surface area contributed by atoms with Crippen molar-refractivity contribution in [3.05, 3.63) is 24.3 Å². The normalized spacial score (nSPS) is 19.4. The summed E-state index contributed by atoms with van der Waals surface area (Å²) in [5.41, 5.74) is 1.61. The Morgan fingerprint density at radius 1 is 1.45 bits per heavy atom. The molecule has 20 heavy (non-hydrogen) atoms. The Balaban J connectivity index is 1.62. The molecule has 2 aromatic rings. The van der Waals surface area contributed by atoms with Gasteiger partial charge in [-0.2, -0.15) is 0 Å². The van der Waals surface area contributed by atoms with E-state index in [4.69, 9.17) is 4.42 Å². The Morgan fingerprint density at radius 3 is 3.10 bits per heavy atom. The van der Waals surface area contributed by atoms with E-state index < -0.39 is 0 Å². The highest BCUT2D eigenvalue weighted by Gasteiger charge is 2.23. The first kappa shape index (κ1) is 13.5. The molecule has 3 rings (SSSR count). The predicted molar refractivity (Wildman–Crippen MR) is 79.8 cm³/mol. The molecule has 1 aliphatic heterocycles. The maximum atomic E-state index is 12.2. The minimum Gasteiger partial charge on any atom is -0.431 e. The van der Waals surface area contributed by atoms with Gasteiger partial charge in [0, 0.05) is 12.6 Å². The van der Waals surface area contributed by atoms with Gasteiger partial charge in [-0.15, -0.1) is 0 Å². The zero-order valence-electron chi connectivity index (χ0n) is 11.5. The second-order valence-corrected chi connectivity index (χ2v) is 6.09. The number of carbonyl (C=O) groups excluding carboxylic acids is 1. The third-order valence-electron chi connectivity index (χ3n) is 3.72. The van der Waals surface area contributed by atoms with Crippen molar-refractivity contribution in [1.82, 2.24) is 9.88 Å². The number of amides is 1. The fourth-order valence-corrected chi connectivity index (χ4v) is 3.31. The summed E-state index contributed by atoms with van der Waals surface area (Å²) in [6, 6.07) is 8.02. The Kier molecular flexibility index (Phi) is 3.96. The summed E-state index contributed by atoms with van der Waals surface area (Å²) in [6.07, 6.45) is 3.45. The lowest BCUT2D eigenvalue weighted by Crippen LogP contribution is -2.42. The van der Waals surface area contributed by atoms with Crippen LogP contribution in [-0.4, -0.2) is 34.1 Å². The molecule has 0 unspecified atom stereocenters. The van der Waals surface area contributed by atoms with Crippen LogP contribution in [0.5, 0.6) is 0 Å². The first-order valence-electron chi connectivity index (χ1n) is 7.02. The third kappa shape index (κ3) is 2.82. The Morgan fingerprint density at radius 2 is 2.30 bits per heavy atom. The van der Waals surface area contributed by atoms with Crippen LogP contribution in [0.1, 0.15) is 26.2 Å². The lowest BCUT2D eigenvalue weighted by molar-refractivity contribution is -0.131. The molecule has 0 N–H and O–H groups in total. The summed E-state index contributed by atoms with van der Waals surface area (Å²) >= 11 is 1.38. The van der Waals surface area contributed by atoms with Crippen LogP contribution < -0.4 is 0 Å². The van der Waals surface area contributed by atoms with Gasteiger partial charge in [-0.1, -0.05) is 23.9 Å². The quantitative estimate of drug-likeness (QED) is 0.814. The van der Waals surface area contributed by atoms with E-state index in [1.165, 1.54) is 18.2 Å². The van der Waals surface area contributed by atoms with Crippen LogP contribution in [0.4, 0.5) is 0 Å². The molecule has 1 atom stereocenters. The number of rotatable bonds is 3. The largest absolute Gasteiger partial charge is 0.431 e. The van der Waals surface area contributed by atoms with Gasteiger partial charge < -0.3 is 9.32 Å². The van der Waals surface area contributed by atoms with Crippen molar-refractivity contribution in [2.45, 2.75) is 37.5 Å². The van der Waals surface area contributed by atoms with Gasteiger partial charge in [0.15, 0.2) is 5.58 Å². The van der Waals surface area contributed by atoms with Crippen LogP contribution in [-0.2, 0) is 4.79 Å². The molecule has 1 fully saturated rings. The number of hydrogen-bond acceptors (Lipinski definition) is 4. The van der Waals surface area contributed by atoms with Crippen LogP contribution in [0.2, 0.25) is 0 Å². The number of para-hydroxylation sites is 2. The molecule has 5 heteroatoms. The monoisotopic (exact) mass is 290 g/mol. The van der Waals surface area contributed by atoms with E-state index >= 15 is 0 Å². The van der Waals surface area contributed by atoms with E-state index in [2.05, 4.69) is 11.9 Å². The maximum Gasteiger partial charge on any atom is 0.257 e. The minimum atomic E-state index is 0.185. The molecule has 0 radical (unpaired) electrons. The molecule has 0 aliphatic carbocycles. The van der Waals surface area contributed by atoms with E-state index in [-0.39, 0.29) is 5.91 Å². The van der Waals surface area contributed by atoms with Crippen molar-refractivity contribution in [3.8, 4) is 0 Å². The number of hydrogen-bond donors (Lipinski definition) is 0. The molecule has 1 amide bonds. The maximum absolute atomic E-state index is 12.2. The zero-order valence-corrected chi connectivity index (χ0v) is 12.4. The molecule has 0 spiro atoms. The lowest BCUT2D eigenvalue weighted by Gasteiger charge is -2.33. The number of carbonyl (C=O) groups is 1. The van der Waals surface area contributed by atoms with Gasteiger partial charge in [0.1, 0.15) is 5.52 Å². The number of likely N-dealkylation sites (tertiary alicyclic amines) is 1. The highest BCUT2D eigenvalue weighted by atomic mass is 32.2. The summed E-state index contributed by atoms with van der Waals surface area (Å²) in [4.78, 5) is 18.6. The molecule has 106 valence electrons. The number of thioether (sulfide) groups is 1. The second-order valence-electron chi connectivity index (χ2n) is 5.17. The van der Waals surface area contributed by atoms with Crippen molar-refractivity contribution < 1.29 is 9.21 Å². The fraction of sp³-hybridized carbons (Fsp3) is 0.467. The number of benzene rings is 1. The standard InChI is InChI=1S/C15H18N2O2S/c1-11-6-4-5-9-17(11)14(18)10-20-15-16-12-7-2-3-8-13(12)19-15/h2-3,7-8,11H,4-6,9-10H2,1H3/t11-/m1/s1. The zero-order chi connectivity index (χ0) is 13.9. The second kappa shape index (κ2) is 5.87. The smallest absolute Gasteiger partial charge is 0.257 e. The highest BCUT2D eigenvalue weighted by molar-refractivity contribution is 7.99. The topological polar surface area (TPSA) is 46.3 Å². The first-order chi connectivity index (χ1) is 9.74. The summed E-state index contributed by atoms with van der Waals surface area (Å²) < 4.78 is 5.61. The average molecular weight is 290 g/mol. The van der Waals surface area contributed by atoms with E-state index in [1.54, 1.807) is 0 Å². The summed E-state index contributed by atoms with van der Waals surface area (Å²) in [7, 11) is 0. The van der Waals surface area contributed by atoms with Gasteiger partial charge in [0.2, 0.25) is 5.91 Å². The van der Waals surface area contributed by atoms with Gasteiger partial charge in [-0.25, -0.2) is 4.98 Å². The summed E-state index contributed by atoms with van der Waals surface area (Å²) in [5.74, 6) is 0.585. The van der Waals surface area contributed by atoms with Crippen molar-refractivity contribution in [1.29, 1.82) is 0 Å². The van der Waals surface area contributed by atoms with Gasteiger partial charge in [0.05, 0.1) is 5.75 Å². The van der Waals surface area contributed by atoms with Crippen LogP contribution in [0.15, 0.2) is 33.9 Å². The van der Waals surface area contributed by atoms with Crippen LogP contribution >= 0.6 is 11.8 Å². The molecular weight excluding hydrogens is 272 g/mol. The SMILES string of the molecule is C[C@@H]1CCCCN1C(=O)CSc1nc2ccccc2o1.